The zero-order chi connectivity index (χ0) is 10.7. The van der Waals surface area contributed by atoms with E-state index < -0.39 is 5.97 Å². The summed E-state index contributed by atoms with van der Waals surface area (Å²) in [6.07, 6.45) is 3.63. The second-order valence-corrected chi connectivity index (χ2v) is 4.76. The maximum Gasteiger partial charge on any atom is 0.317 e. The Labute approximate surface area is 90.2 Å². The first kappa shape index (κ1) is 10.9. The van der Waals surface area contributed by atoms with Crippen LogP contribution in [0.15, 0.2) is 0 Å². The quantitative estimate of drug-likeness (QED) is 0.709. The Morgan fingerprint density at radius 2 is 2.00 bits per heavy atom. The lowest BCUT2D eigenvalue weighted by molar-refractivity contribution is -0.138. The van der Waals surface area contributed by atoms with Gasteiger partial charge in [0.25, 0.3) is 0 Å². The minimum Gasteiger partial charge on any atom is -0.480 e. The summed E-state index contributed by atoms with van der Waals surface area (Å²) in [6, 6.07) is 0. The smallest absolute Gasteiger partial charge is 0.317 e. The summed E-state index contributed by atoms with van der Waals surface area (Å²) in [5.41, 5.74) is 0. The highest BCUT2D eigenvalue weighted by atomic mass is 16.5. The van der Waals surface area contributed by atoms with E-state index in [-0.39, 0.29) is 6.54 Å². The molecule has 2 fully saturated rings. The zero-order valence-corrected chi connectivity index (χ0v) is 9.02. The van der Waals surface area contributed by atoms with Crippen molar-refractivity contribution in [2.75, 3.05) is 32.8 Å². The minimum absolute atomic E-state index is 0.188. The molecular formula is C11H19NO3. The summed E-state index contributed by atoms with van der Waals surface area (Å²) in [7, 11) is 0. The van der Waals surface area contributed by atoms with E-state index in [1.807, 2.05) is 0 Å². The number of carboxylic acid groups (broad SMARTS) is 1. The van der Waals surface area contributed by atoms with Crippen molar-refractivity contribution >= 4 is 5.97 Å². The predicted molar refractivity (Wildman–Crippen MR) is 55.7 cm³/mol. The Balaban J connectivity index is 1.76. The Morgan fingerprint density at radius 3 is 2.53 bits per heavy atom. The highest BCUT2D eigenvalue weighted by Crippen LogP contribution is 2.30. The van der Waals surface area contributed by atoms with E-state index in [0.717, 1.165) is 38.6 Å². The second kappa shape index (κ2) is 4.94. The number of hydrogen-bond acceptors (Lipinski definition) is 3. The predicted octanol–water partition coefficient (Wildman–Crippen LogP) is 0.819. The van der Waals surface area contributed by atoms with Gasteiger partial charge in [-0.15, -0.1) is 0 Å². The third-order valence-electron chi connectivity index (χ3n) is 3.11. The van der Waals surface area contributed by atoms with Crippen LogP contribution in [0.3, 0.4) is 0 Å². The van der Waals surface area contributed by atoms with Gasteiger partial charge < -0.3 is 9.84 Å². The number of rotatable bonds is 6. The number of nitrogens with zero attached hydrogens (tertiary/aromatic N) is 1. The molecular weight excluding hydrogens is 194 g/mol. The molecule has 0 aromatic carbocycles. The minimum atomic E-state index is -0.713. The van der Waals surface area contributed by atoms with Crippen molar-refractivity contribution in [2.45, 2.75) is 19.3 Å². The average Bonchev–Trinajstić information content (AvgIpc) is 2.80. The third-order valence-corrected chi connectivity index (χ3v) is 3.11. The van der Waals surface area contributed by atoms with E-state index in [1.54, 1.807) is 0 Å². The standard InChI is InChI=1S/C11H19NO3/c13-11(14)7-12(5-9-1-2-9)6-10-3-4-15-8-10/h9-10H,1-8H2,(H,13,14). The number of hydrogen-bond donors (Lipinski definition) is 1. The van der Waals surface area contributed by atoms with Crippen LogP contribution < -0.4 is 0 Å². The summed E-state index contributed by atoms with van der Waals surface area (Å²) in [6.45, 7) is 3.69. The van der Waals surface area contributed by atoms with Crippen LogP contribution in [0.1, 0.15) is 19.3 Å². The second-order valence-electron chi connectivity index (χ2n) is 4.76. The summed E-state index contributed by atoms with van der Waals surface area (Å²) in [5, 5.41) is 8.82. The fraction of sp³-hybridized carbons (Fsp3) is 0.909. The van der Waals surface area contributed by atoms with Crippen molar-refractivity contribution < 1.29 is 14.6 Å². The van der Waals surface area contributed by atoms with Gasteiger partial charge in [-0.05, 0) is 31.1 Å². The third kappa shape index (κ3) is 3.80. The Morgan fingerprint density at radius 1 is 1.27 bits per heavy atom. The van der Waals surface area contributed by atoms with E-state index in [2.05, 4.69) is 4.90 Å². The molecule has 0 spiro atoms. The van der Waals surface area contributed by atoms with E-state index >= 15 is 0 Å². The molecule has 0 aromatic heterocycles. The van der Waals surface area contributed by atoms with Crippen molar-refractivity contribution in [3.63, 3.8) is 0 Å². The lowest BCUT2D eigenvalue weighted by Crippen LogP contribution is -2.36. The molecule has 1 saturated heterocycles. The lowest BCUT2D eigenvalue weighted by Gasteiger charge is -2.22. The van der Waals surface area contributed by atoms with Crippen LogP contribution in [0.4, 0.5) is 0 Å². The van der Waals surface area contributed by atoms with Gasteiger partial charge in [-0.1, -0.05) is 0 Å². The van der Waals surface area contributed by atoms with Crippen molar-refractivity contribution in [3.05, 3.63) is 0 Å². The van der Waals surface area contributed by atoms with Gasteiger partial charge in [0.15, 0.2) is 0 Å². The highest BCUT2D eigenvalue weighted by molar-refractivity contribution is 5.69. The molecule has 0 bridgehead atoms. The van der Waals surface area contributed by atoms with Crippen LogP contribution in [0, 0.1) is 11.8 Å². The number of aliphatic carboxylic acids is 1. The molecule has 0 aromatic rings. The van der Waals surface area contributed by atoms with Gasteiger partial charge in [-0.2, -0.15) is 0 Å². The molecule has 1 heterocycles. The molecule has 1 unspecified atom stereocenters. The summed E-state index contributed by atoms with van der Waals surface area (Å²) >= 11 is 0. The van der Waals surface area contributed by atoms with Gasteiger partial charge in [-0.25, -0.2) is 0 Å². The fourth-order valence-electron chi connectivity index (χ4n) is 2.15. The fourth-order valence-corrected chi connectivity index (χ4v) is 2.15. The Kier molecular flexibility index (Phi) is 3.59. The molecule has 15 heavy (non-hydrogen) atoms. The van der Waals surface area contributed by atoms with E-state index in [4.69, 9.17) is 9.84 Å². The lowest BCUT2D eigenvalue weighted by atomic mass is 10.1. The van der Waals surface area contributed by atoms with Crippen LogP contribution >= 0.6 is 0 Å². The summed E-state index contributed by atoms with van der Waals surface area (Å²) in [4.78, 5) is 12.8. The van der Waals surface area contributed by atoms with Crippen molar-refractivity contribution in [3.8, 4) is 0 Å². The average molecular weight is 213 g/mol. The van der Waals surface area contributed by atoms with E-state index in [0.29, 0.717) is 5.92 Å². The largest absolute Gasteiger partial charge is 0.480 e. The first-order chi connectivity index (χ1) is 7.24. The molecule has 0 amide bonds. The van der Waals surface area contributed by atoms with Crippen LogP contribution in [-0.2, 0) is 9.53 Å². The van der Waals surface area contributed by atoms with Crippen LogP contribution in [0.5, 0.6) is 0 Å². The van der Waals surface area contributed by atoms with Gasteiger partial charge in [0.1, 0.15) is 0 Å². The van der Waals surface area contributed by atoms with Gasteiger partial charge in [-0.3, -0.25) is 9.69 Å². The topological polar surface area (TPSA) is 49.8 Å². The van der Waals surface area contributed by atoms with Crippen LogP contribution in [0.2, 0.25) is 0 Å². The molecule has 2 aliphatic rings. The number of carbonyl (C=O) groups is 1. The number of ether oxygens (including phenoxy) is 1. The Hall–Kier alpha value is -0.610. The maximum absolute atomic E-state index is 10.7. The van der Waals surface area contributed by atoms with Gasteiger partial charge in [0.2, 0.25) is 0 Å². The highest BCUT2D eigenvalue weighted by Gasteiger charge is 2.27. The SMILES string of the molecule is O=C(O)CN(CC1CC1)CC1CCOC1. The van der Waals surface area contributed by atoms with Gasteiger partial charge in [0, 0.05) is 19.7 Å². The zero-order valence-electron chi connectivity index (χ0n) is 9.02. The first-order valence-corrected chi connectivity index (χ1v) is 5.76. The molecule has 86 valence electrons. The first-order valence-electron chi connectivity index (χ1n) is 5.76. The summed E-state index contributed by atoms with van der Waals surface area (Å²) in [5.74, 6) is 0.587. The van der Waals surface area contributed by atoms with Crippen molar-refractivity contribution in [1.82, 2.24) is 4.90 Å². The maximum atomic E-state index is 10.7. The number of carboxylic acids is 1. The normalized spacial score (nSPS) is 26.1. The van der Waals surface area contributed by atoms with Crippen LogP contribution in [0.25, 0.3) is 0 Å². The van der Waals surface area contributed by atoms with Crippen molar-refractivity contribution in [2.24, 2.45) is 11.8 Å². The van der Waals surface area contributed by atoms with E-state index in [9.17, 15) is 4.79 Å². The molecule has 4 nitrogen and oxygen atoms in total. The summed E-state index contributed by atoms with van der Waals surface area (Å²) < 4.78 is 5.31. The monoisotopic (exact) mass is 213 g/mol. The van der Waals surface area contributed by atoms with Crippen molar-refractivity contribution in [1.29, 1.82) is 0 Å². The molecule has 1 N–H and O–H groups in total. The molecule has 1 atom stereocenters. The molecule has 1 aliphatic heterocycles. The van der Waals surface area contributed by atoms with Gasteiger partial charge in [0.05, 0.1) is 13.2 Å². The molecule has 1 saturated carbocycles. The van der Waals surface area contributed by atoms with E-state index in [1.165, 1.54) is 12.8 Å². The molecule has 1 aliphatic carbocycles. The molecule has 2 rings (SSSR count). The molecule has 0 radical (unpaired) electrons. The Bertz CT molecular complexity index is 222. The molecule has 4 heteroatoms. The van der Waals surface area contributed by atoms with Gasteiger partial charge >= 0.3 is 5.97 Å². The van der Waals surface area contributed by atoms with Crippen LogP contribution in [-0.4, -0.2) is 48.8 Å².